The Labute approximate surface area is 82.0 Å². The molecule has 0 aliphatic carbocycles. The van der Waals surface area contributed by atoms with Gasteiger partial charge in [-0.1, -0.05) is 0 Å². The van der Waals surface area contributed by atoms with Gasteiger partial charge in [-0.25, -0.2) is 4.98 Å². The zero-order valence-electron chi connectivity index (χ0n) is 5.83. The molecule has 0 saturated carbocycles. The molecule has 0 aliphatic rings. The maximum absolute atomic E-state index is 12.0. The first-order valence-electron chi connectivity index (χ1n) is 3.00. The van der Waals surface area contributed by atoms with Gasteiger partial charge in [-0.05, 0) is 15.9 Å². The Morgan fingerprint density at radius 2 is 2.33 bits per heavy atom. The minimum Gasteiger partial charge on any atom is -0.248 e. The van der Waals surface area contributed by atoms with Gasteiger partial charge in [-0.15, -0.1) is 15.2 Å². The number of thiazole rings is 1. The molecule has 0 atom stereocenters. The lowest BCUT2D eigenvalue weighted by Gasteiger charge is -1.89. The van der Waals surface area contributed by atoms with Crippen LogP contribution in [0.1, 0.15) is 5.01 Å². The van der Waals surface area contributed by atoms with E-state index in [2.05, 4.69) is 20.9 Å². The molecule has 0 fully saturated rings. The second-order valence-electron chi connectivity index (χ2n) is 2.05. The summed E-state index contributed by atoms with van der Waals surface area (Å²) >= 11 is 4.47. The first-order valence-corrected chi connectivity index (χ1v) is 6.16. The SMILES string of the molecule is O=S(=O)(F)CCc1ncc(Br)s1. The Bertz CT molecular complexity index is 361. The fraction of sp³-hybridized carbons (Fsp3) is 0.400. The molecule has 68 valence electrons. The van der Waals surface area contributed by atoms with Crippen LogP contribution in [-0.4, -0.2) is 19.2 Å². The van der Waals surface area contributed by atoms with Crippen molar-refractivity contribution in [2.45, 2.75) is 6.42 Å². The minimum absolute atomic E-state index is 0.134. The van der Waals surface area contributed by atoms with Gasteiger partial charge in [0.05, 0.1) is 20.7 Å². The van der Waals surface area contributed by atoms with Crippen molar-refractivity contribution < 1.29 is 12.3 Å². The predicted octanol–water partition coefficient (Wildman–Crippen LogP) is 1.75. The van der Waals surface area contributed by atoms with Crippen LogP contribution in [0.3, 0.4) is 0 Å². The predicted molar refractivity (Wildman–Crippen MR) is 48.4 cm³/mol. The molecule has 0 aliphatic heterocycles. The highest BCUT2D eigenvalue weighted by Gasteiger charge is 2.09. The third-order valence-electron chi connectivity index (χ3n) is 1.09. The third-order valence-corrected chi connectivity index (χ3v) is 3.31. The van der Waals surface area contributed by atoms with E-state index in [1.165, 1.54) is 11.3 Å². The monoisotopic (exact) mass is 273 g/mol. The van der Waals surface area contributed by atoms with Crippen molar-refractivity contribution in [3.05, 3.63) is 15.0 Å². The van der Waals surface area contributed by atoms with E-state index in [0.29, 0.717) is 5.01 Å². The standard InChI is InChI=1S/C5H5BrFNO2S2/c6-4-3-8-5(11-4)1-2-12(7,9)10/h3H,1-2H2. The van der Waals surface area contributed by atoms with Crippen LogP contribution >= 0.6 is 27.3 Å². The van der Waals surface area contributed by atoms with Crippen LogP contribution in [0.25, 0.3) is 0 Å². The van der Waals surface area contributed by atoms with Gasteiger partial charge in [-0.2, -0.15) is 8.42 Å². The molecule has 1 aromatic rings. The zero-order chi connectivity index (χ0) is 9.19. The average Bonchev–Trinajstić information content (AvgIpc) is 2.30. The fourth-order valence-corrected chi connectivity index (χ4v) is 2.48. The normalized spacial score (nSPS) is 11.8. The molecule has 7 heteroatoms. The van der Waals surface area contributed by atoms with Crippen molar-refractivity contribution >= 4 is 37.5 Å². The molecule has 1 aromatic heterocycles. The summed E-state index contributed by atoms with van der Waals surface area (Å²) in [6.07, 6.45) is 1.69. The molecular weight excluding hydrogens is 269 g/mol. The minimum atomic E-state index is -4.36. The molecule has 1 heterocycles. The summed E-state index contributed by atoms with van der Waals surface area (Å²) in [5, 5.41) is 0.614. The molecule has 0 spiro atoms. The summed E-state index contributed by atoms with van der Waals surface area (Å²) in [7, 11) is -4.36. The number of aromatic nitrogens is 1. The molecule has 12 heavy (non-hydrogen) atoms. The van der Waals surface area contributed by atoms with Crippen molar-refractivity contribution in [3.8, 4) is 0 Å². The number of nitrogens with zero attached hydrogens (tertiary/aromatic N) is 1. The number of hydrogen-bond donors (Lipinski definition) is 0. The topological polar surface area (TPSA) is 47.0 Å². The molecule has 1 rings (SSSR count). The van der Waals surface area contributed by atoms with E-state index in [1.54, 1.807) is 6.20 Å². The summed E-state index contributed by atoms with van der Waals surface area (Å²) in [6.45, 7) is 0. The van der Waals surface area contributed by atoms with E-state index in [4.69, 9.17) is 0 Å². The summed E-state index contributed by atoms with van der Waals surface area (Å²) in [4.78, 5) is 3.86. The van der Waals surface area contributed by atoms with Gasteiger partial charge in [0.2, 0.25) is 0 Å². The van der Waals surface area contributed by atoms with Gasteiger partial charge in [0, 0.05) is 6.42 Å². The Balaban J connectivity index is 2.55. The van der Waals surface area contributed by atoms with Gasteiger partial charge in [0.15, 0.2) is 0 Å². The maximum atomic E-state index is 12.0. The molecule has 3 nitrogen and oxygen atoms in total. The van der Waals surface area contributed by atoms with Gasteiger partial charge in [-0.3, -0.25) is 0 Å². The Kier molecular flexibility index (Phi) is 3.19. The highest BCUT2D eigenvalue weighted by Crippen LogP contribution is 2.19. The Morgan fingerprint density at radius 3 is 2.75 bits per heavy atom. The van der Waals surface area contributed by atoms with Crippen molar-refractivity contribution in [1.29, 1.82) is 0 Å². The van der Waals surface area contributed by atoms with Gasteiger partial charge < -0.3 is 0 Å². The molecule has 0 aromatic carbocycles. The number of aryl methyl sites for hydroxylation is 1. The molecule has 0 radical (unpaired) electrons. The van der Waals surface area contributed by atoms with E-state index >= 15 is 0 Å². The quantitative estimate of drug-likeness (QED) is 0.789. The third kappa shape index (κ3) is 3.59. The Morgan fingerprint density at radius 1 is 1.67 bits per heavy atom. The molecular formula is C5H5BrFNO2S2. The summed E-state index contributed by atoms with van der Waals surface area (Å²) in [5.41, 5.74) is 0. The smallest absolute Gasteiger partial charge is 0.248 e. The Hall–Kier alpha value is -0.0100. The van der Waals surface area contributed by atoms with Crippen LogP contribution in [0.15, 0.2) is 9.98 Å². The zero-order valence-corrected chi connectivity index (χ0v) is 9.05. The van der Waals surface area contributed by atoms with Gasteiger partial charge >= 0.3 is 10.2 Å². The first kappa shape index (κ1) is 10.1. The number of rotatable bonds is 3. The lowest BCUT2D eigenvalue weighted by molar-refractivity contribution is 0.551. The van der Waals surface area contributed by atoms with Crippen LogP contribution in [-0.2, 0) is 16.6 Å². The largest absolute Gasteiger partial charge is 0.302 e. The molecule has 0 bridgehead atoms. The van der Waals surface area contributed by atoms with Crippen molar-refractivity contribution in [1.82, 2.24) is 4.98 Å². The van der Waals surface area contributed by atoms with Gasteiger partial charge in [0.25, 0.3) is 0 Å². The van der Waals surface area contributed by atoms with Crippen molar-refractivity contribution in [2.75, 3.05) is 5.75 Å². The van der Waals surface area contributed by atoms with E-state index in [9.17, 15) is 12.3 Å². The number of halogens is 2. The number of hydrogen-bond acceptors (Lipinski definition) is 4. The highest BCUT2D eigenvalue weighted by atomic mass is 79.9. The van der Waals surface area contributed by atoms with Crippen molar-refractivity contribution in [3.63, 3.8) is 0 Å². The lowest BCUT2D eigenvalue weighted by Crippen LogP contribution is -2.01. The van der Waals surface area contributed by atoms with E-state index in [1.807, 2.05) is 0 Å². The van der Waals surface area contributed by atoms with E-state index in [-0.39, 0.29) is 6.42 Å². The van der Waals surface area contributed by atoms with Crippen molar-refractivity contribution in [2.24, 2.45) is 0 Å². The van der Waals surface area contributed by atoms with Crippen LogP contribution in [0.5, 0.6) is 0 Å². The molecule has 0 unspecified atom stereocenters. The maximum Gasteiger partial charge on any atom is 0.302 e. The molecule has 0 N–H and O–H groups in total. The van der Waals surface area contributed by atoms with Gasteiger partial charge in [0.1, 0.15) is 0 Å². The highest BCUT2D eigenvalue weighted by molar-refractivity contribution is 9.11. The average molecular weight is 274 g/mol. The van der Waals surface area contributed by atoms with E-state index < -0.39 is 16.0 Å². The van der Waals surface area contributed by atoms with Crippen LogP contribution in [0.2, 0.25) is 0 Å². The lowest BCUT2D eigenvalue weighted by atomic mass is 10.5. The van der Waals surface area contributed by atoms with Crippen LogP contribution < -0.4 is 0 Å². The van der Waals surface area contributed by atoms with Crippen LogP contribution in [0, 0.1) is 0 Å². The molecule has 0 amide bonds. The molecule has 0 saturated heterocycles. The van der Waals surface area contributed by atoms with E-state index in [0.717, 1.165) is 3.79 Å². The first-order chi connectivity index (χ1) is 5.47. The second-order valence-corrected chi connectivity index (χ2v) is 6.03. The summed E-state index contributed by atoms with van der Waals surface area (Å²) in [6, 6.07) is 0. The summed E-state index contributed by atoms with van der Waals surface area (Å²) < 4.78 is 33.1. The summed E-state index contributed by atoms with van der Waals surface area (Å²) in [5.74, 6) is -0.493. The van der Waals surface area contributed by atoms with Crippen LogP contribution in [0.4, 0.5) is 3.89 Å². The fourth-order valence-electron chi connectivity index (χ4n) is 0.613. The second kappa shape index (κ2) is 3.80.